The lowest BCUT2D eigenvalue weighted by Crippen LogP contribution is -3.00. The molecular weight excluding hydrogens is 279 g/mol. The Balaban J connectivity index is 0.000000845. The molecule has 4 heteroatoms. The lowest BCUT2D eigenvalue weighted by Gasteiger charge is -2.34. The van der Waals surface area contributed by atoms with E-state index in [1.807, 2.05) is 0 Å². The first-order chi connectivity index (χ1) is 5.60. The summed E-state index contributed by atoms with van der Waals surface area (Å²) in [5.41, 5.74) is 0. The monoisotopic (exact) mass is 296 g/mol. The number of fused-ring (bicyclic) bond motifs is 2. The van der Waals surface area contributed by atoms with Gasteiger partial charge >= 0.3 is 0 Å². The van der Waals surface area contributed by atoms with Crippen LogP contribution in [0, 0.1) is 0 Å². The number of carbonyl (C=O) groups excluding carboxylic acids is 1. The SMILES string of the molecule is C[N+]1(C)C2CCC1CC(=O)NC2.[I-]. The molecule has 0 aromatic rings. The molecule has 1 amide bonds. The standard InChI is InChI=1S/C9H16N2O.HI/c1-11(2)7-3-4-8(11)6-10-9(12)5-7;/h7-8H,3-6H2,1-2H3;1H. The van der Waals surface area contributed by atoms with Gasteiger partial charge in [-0.05, 0) is 0 Å². The van der Waals surface area contributed by atoms with Crippen LogP contribution < -0.4 is 29.3 Å². The topological polar surface area (TPSA) is 29.1 Å². The third-order valence-electron chi connectivity index (χ3n) is 3.67. The molecule has 76 valence electrons. The first-order valence-corrected chi connectivity index (χ1v) is 4.71. The fraction of sp³-hybridized carbons (Fsp3) is 0.889. The smallest absolute Gasteiger partial charge is 0.226 e. The first-order valence-electron chi connectivity index (χ1n) is 4.71. The van der Waals surface area contributed by atoms with Crippen LogP contribution in [0.5, 0.6) is 0 Å². The van der Waals surface area contributed by atoms with Gasteiger partial charge in [0.25, 0.3) is 0 Å². The molecule has 13 heavy (non-hydrogen) atoms. The lowest BCUT2D eigenvalue weighted by molar-refractivity contribution is -0.922. The van der Waals surface area contributed by atoms with Crippen LogP contribution in [-0.2, 0) is 4.79 Å². The van der Waals surface area contributed by atoms with Crippen LogP contribution in [0.4, 0.5) is 0 Å². The number of hydrogen-bond acceptors (Lipinski definition) is 1. The number of rotatable bonds is 0. The van der Waals surface area contributed by atoms with Gasteiger partial charge in [-0.1, -0.05) is 0 Å². The molecule has 2 fully saturated rings. The van der Waals surface area contributed by atoms with Crippen LogP contribution in [0.15, 0.2) is 0 Å². The molecule has 2 atom stereocenters. The van der Waals surface area contributed by atoms with Gasteiger partial charge in [0.1, 0.15) is 6.04 Å². The highest BCUT2D eigenvalue weighted by Gasteiger charge is 2.45. The van der Waals surface area contributed by atoms with E-state index in [-0.39, 0.29) is 29.9 Å². The second-order valence-electron chi connectivity index (χ2n) is 4.52. The summed E-state index contributed by atoms with van der Waals surface area (Å²) in [6.07, 6.45) is 3.23. The van der Waals surface area contributed by atoms with Crippen molar-refractivity contribution in [3.8, 4) is 0 Å². The average molecular weight is 296 g/mol. The van der Waals surface area contributed by atoms with E-state index in [0.29, 0.717) is 12.1 Å². The van der Waals surface area contributed by atoms with Gasteiger partial charge in [0.2, 0.25) is 5.91 Å². The summed E-state index contributed by atoms with van der Waals surface area (Å²) in [5, 5.41) is 2.98. The Hall–Kier alpha value is 0.160. The largest absolute Gasteiger partial charge is 1.00 e. The first kappa shape index (κ1) is 11.2. The van der Waals surface area contributed by atoms with Crippen molar-refractivity contribution in [3.63, 3.8) is 0 Å². The second-order valence-corrected chi connectivity index (χ2v) is 4.52. The zero-order valence-electron chi connectivity index (χ0n) is 8.22. The highest BCUT2D eigenvalue weighted by molar-refractivity contribution is 5.76. The maximum absolute atomic E-state index is 11.2. The zero-order valence-corrected chi connectivity index (χ0v) is 10.4. The normalized spacial score (nSPS) is 36.0. The summed E-state index contributed by atoms with van der Waals surface area (Å²) >= 11 is 0. The van der Waals surface area contributed by atoms with Gasteiger partial charge in [-0.3, -0.25) is 4.79 Å². The maximum Gasteiger partial charge on any atom is 0.226 e. The average Bonchev–Trinajstić information content (AvgIpc) is 2.15. The lowest BCUT2D eigenvalue weighted by atomic mass is 10.1. The van der Waals surface area contributed by atoms with E-state index in [2.05, 4.69) is 19.4 Å². The van der Waals surface area contributed by atoms with Crippen molar-refractivity contribution < 1.29 is 33.3 Å². The van der Waals surface area contributed by atoms with Crippen LogP contribution in [0.25, 0.3) is 0 Å². The van der Waals surface area contributed by atoms with E-state index in [9.17, 15) is 4.79 Å². The van der Waals surface area contributed by atoms with Crippen molar-refractivity contribution in [2.75, 3.05) is 20.6 Å². The Morgan fingerprint density at radius 3 is 2.62 bits per heavy atom. The Kier molecular flexibility index (Phi) is 3.22. The van der Waals surface area contributed by atoms with Gasteiger partial charge in [0.15, 0.2) is 0 Å². The van der Waals surface area contributed by atoms with Gasteiger partial charge in [0.05, 0.1) is 33.1 Å². The molecule has 2 bridgehead atoms. The van der Waals surface area contributed by atoms with Crippen LogP contribution in [0.3, 0.4) is 0 Å². The summed E-state index contributed by atoms with van der Waals surface area (Å²) in [6, 6.07) is 1.22. The minimum atomic E-state index is 0. The molecule has 2 heterocycles. The van der Waals surface area contributed by atoms with E-state index in [1.165, 1.54) is 12.8 Å². The Morgan fingerprint density at radius 1 is 1.31 bits per heavy atom. The minimum absolute atomic E-state index is 0. The molecule has 0 aromatic carbocycles. The molecule has 0 saturated carbocycles. The van der Waals surface area contributed by atoms with Crippen molar-refractivity contribution in [1.29, 1.82) is 0 Å². The van der Waals surface area contributed by atoms with Gasteiger partial charge in [-0.15, -0.1) is 0 Å². The molecule has 2 saturated heterocycles. The highest BCUT2D eigenvalue weighted by atomic mass is 127. The second kappa shape index (κ2) is 3.73. The van der Waals surface area contributed by atoms with E-state index in [1.54, 1.807) is 0 Å². The van der Waals surface area contributed by atoms with Gasteiger partial charge in [-0.25, -0.2) is 0 Å². The summed E-state index contributed by atoms with van der Waals surface area (Å²) in [5.74, 6) is 0.244. The number of likely N-dealkylation sites (N-methyl/N-ethyl adjacent to an activating group) is 1. The zero-order chi connectivity index (χ0) is 8.77. The number of carbonyl (C=O) groups is 1. The van der Waals surface area contributed by atoms with Gasteiger partial charge < -0.3 is 33.8 Å². The predicted octanol–water partition coefficient (Wildman–Crippen LogP) is -2.88. The molecule has 2 aliphatic rings. The van der Waals surface area contributed by atoms with Crippen molar-refractivity contribution in [2.24, 2.45) is 0 Å². The molecule has 2 rings (SSSR count). The van der Waals surface area contributed by atoms with Crippen LogP contribution >= 0.6 is 0 Å². The quantitative estimate of drug-likeness (QED) is 0.378. The number of nitrogens with one attached hydrogen (secondary N) is 1. The highest BCUT2D eigenvalue weighted by Crippen LogP contribution is 2.32. The van der Waals surface area contributed by atoms with Crippen LogP contribution in [0.2, 0.25) is 0 Å². The van der Waals surface area contributed by atoms with Gasteiger partial charge in [0, 0.05) is 12.8 Å². The van der Waals surface area contributed by atoms with Crippen molar-refractivity contribution in [1.82, 2.24) is 5.32 Å². The fourth-order valence-corrected chi connectivity index (χ4v) is 2.54. The number of amides is 1. The summed E-state index contributed by atoms with van der Waals surface area (Å²) in [7, 11) is 4.51. The molecule has 0 aliphatic carbocycles. The third-order valence-corrected chi connectivity index (χ3v) is 3.67. The molecule has 3 nitrogen and oxygen atoms in total. The van der Waals surface area contributed by atoms with Crippen LogP contribution in [-0.4, -0.2) is 43.1 Å². The minimum Gasteiger partial charge on any atom is -1.00 e. The van der Waals surface area contributed by atoms with Crippen molar-refractivity contribution in [2.45, 2.75) is 31.3 Å². The molecule has 0 spiro atoms. The van der Waals surface area contributed by atoms with E-state index < -0.39 is 0 Å². The number of halogens is 1. The molecule has 2 unspecified atom stereocenters. The summed E-state index contributed by atoms with van der Waals surface area (Å²) in [6.45, 7) is 0.877. The number of hydrogen-bond donors (Lipinski definition) is 1. The van der Waals surface area contributed by atoms with E-state index in [4.69, 9.17) is 0 Å². The molecule has 1 N–H and O–H groups in total. The molecule has 0 radical (unpaired) electrons. The van der Waals surface area contributed by atoms with Crippen molar-refractivity contribution >= 4 is 5.91 Å². The summed E-state index contributed by atoms with van der Waals surface area (Å²) < 4.78 is 1.04. The summed E-state index contributed by atoms with van der Waals surface area (Å²) in [4.78, 5) is 11.2. The maximum atomic E-state index is 11.2. The fourth-order valence-electron chi connectivity index (χ4n) is 2.54. The van der Waals surface area contributed by atoms with E-state index in [0.717, 1.165) is 17.4 Å². The Morgan fingerprint density at radius 2 is 1.92 bits per heavy atom. The number of nitrogens with zero attached hydrogens (tertiary/aromatic N) is 1. The molecular formula is C9H17IN2O. The van der Waals surface area contributed by atoms with Crippen molar-refractivity contribution in [3.05, 3.63) is 0 Å². The Bertz CT molecular complexity index is 218. The Labute approximate surface area is 96.5 Å². The molecule has 0 aromatic heterocycles. The molecule has 2 aliphatic heterocycles. The van der Waals surface area contributed by atoms with Gasteiger partial charge in [-0.2, -0.15) is 0 Å². The third kappa shape index (κ3) is 1.83. The van der Waals surface area contributed by atoms with Crippen LogP contribution in [0.1, 0.15) is 19.3 Å². The predicted molar refractivity (Wildman–Crippen MR) is 46.5 cm³/mol. The number of quaternary nitrogens is 1. The van der Waals surface area contributed by atoms with E-state index >= 15 is 0 Å².